The second-order valence-electron chi connectivity index (χ2n) is 6.72. The second-order valence-corrected chi connectivity index (χ2v) is 9.90. The first-order valence-electron chi connectivity index (χ1n) is 8.09. The minimum atomic E-state index is -4.83. The minimum absolute atomic E-state index is 0.0973. The van der Waals surface area contributed by atoms with Gasteiger partial charge >= 0.3 is 6.18 Å². The highest BCUT2D eigenvalue weighted by Crippen LogP contribution is 2.38. The molecule has 2 N–H and O–H groups in total. The number of aliphatic hydroxyl groups is 1. The Bertz CT molecular complexity index is 902. The average molecular weight is 422 g/mol. The van der Waals surface area contributed by atoms with Gasteiger partial charge in [0.15, 0.2) is 20.6 Å². The van der Waals surface area contributed by atoms with E-state index in [0.717, 1.165) is 23.5 Å². The Morgan fingerprint density at radius 1 is 1.22 bits per heavy atom. The maximum absolute atomic E-state index is 12.9. The quantitative estimate of drug-likeness (QED) is 0.735. The lowest BCUT2D eigenvalue weighted by Crippen LogP contribution is -2.39. The highest BCUT2D eigenvalue weighted by Gasteiger charge is 2.51. The van der Waals surface area contributed by atoms with Gasteiger partial charge in [0.05, 0.1) is 11.4 Å². The van der Waals surface area contributed by atoms with Crippen LogP contribution in [0.25, 0.3) is 0 Å². The molecule has 0 amide bonds. The van der Waals surface area contributed by atoms with Crippen LogP contribution in [0, 0.1) is 6.92 Å². The largest absolute Gasteiger partial charge is 0.421 e. The summed E-state index contributed by atoms with van der Waals surface area (Å²) in [5.41, 5.74) is -2.66. The number of nitrogens with one attached hydrogen (secondary N) is 1. The Labute approximate surface area is 160 Å². The summed E-state index contributed by atoms with van der Waals surface area (Å²) in [6, 6.07) is 4.82. The lowest BCUT2D eigenvalue weighted by molar-refractivity contribution is -0.258. The van der Waals surface area contributed by atoms with Crippen molar-refractivity contribution in [3.05, 3.63) is 41.1 Å². The third-order valence-electron chi connectivity index (χ3n) is 3.87. The van der Waals surface area contributed by atoms with E-state index in [1.807, 2.05) is 13.8 Å². The lowest BCUT2D eigenvalue weighted by atomic mass is 9.95. The number of anilines is 1. The number of aryl methyl sites for hydroxylation is 1. The number of alkyl halides is 3. The number of sulfone groups is 1. The smallest absolute Gasteiger partial charge is 0.376 e. The standard InChI is InChI=1S/C17H21F3N2O3S2/c1-10(2)21-15-22-11(3)14(26-15)27(24,25)9-12-5-7-13(8-6-12)16(4,23)17(18,19)20/h5-8,10,23H,9H2,1-4H3,(H,21,22). The van der Waals surface area contributed by atoms with Gasteiger partial charge < -0.3 is 10.4 Å². The van der Waals surface area contributed by atoms with Crippen molar-refractivity contribution in [3.8, 4) is 0 Å². The zero-order valence-corrected chi connectivity index (χ0v) is 16.9. The van der Waals surface area contributed by atoms with E-state index in [2.05, 4.69) is 10.3 Å². The third-order valence-corrected chi connectivity index (χ3v) is 7.34. The van der Waals surface area contributed by atoms with Crippen molar-refractivity contribution in [2.24, 2.45) is 0 Å². The maximum atomic E-state index is 12.9. The summed E-state index contributed by atoms with van der Waals surface area (Å²) in [6.07, 6.45) is -4.83. The van der Waals surface area contributed by atoms with E-state index >= 15 is 0 Å². The van der Waals surface area contributed by atoms with Crippen molar-refractivity contribution in [1.29, 1.82) is 0 Å². The first-order chi connectivity index (χ1) is 12.2. The van der Waals surface area contributed by atoms with Gasteiger partial charge in [-0.3, -0.25) is 0 Å². The summed E-state index contributed by atoms with van der Waals surface area (Å²) >= 11 is 1.03. The number of hydrogen-bond acceptors (Lipinski definition) is 6. The molecule has 0 saturated carbocycles. The van der Waals surface area contributed by atoms with Crippen molar-refractivity contribution >= 4 is 26.3 Å². The molecule has 10 heteroatoms. The van der Waals surface area contributed by atoms with Crippen LogP contribution in [0.3, 0.4) is 0 Å². The van der Waals surface area contributed by atoms with Crippen LogP contribution >= 0.6 is 11.3 Å². The van der Waals surface area contributed by atoms with Gasteiger partial charge in [-0.15, -0.1) is 0 Å². The fraction of sp³-hybridized carbons (Fsp3) is 0.471. The summed E-state index contributed by atoms with van der Waals surface area (Å²) in [7, 11) is -3.70. The Morgan fingerprint density at radius 2 is 1.78 bits per heavy atom. The number of aromatic nitrogens is 1. The topological polar surface area (TPSA) is 79.3 Å². The molecule has 1 aromatic heterocycles. The number of benzene rings is 1. The molecule has 27 heavy (non-hydrogen) atoms. The van der Waals surface area contributed by atoms with Gasteiger partial charge in [-0.05, 0) is 38.8 Å². The summed E-state index contributed by atoms with van der Waals surface area (Å²) < 4.78 is 64.1. The van der Waals surface area contributed by atoms with Crippen LogP contribution in [-0.4, -0.2) is 30.7 Å². The second kappa shape index (κ2) is 7.40. The summed E-state index contributed by atoms with van der Waals surface area (Å²) in [5.74, 6) is -0.369. The van der Waals surface area contributed by atoms with E-state index in [-0.39, 0.29) is 21.6 Å². The molecule has 0 radical (unpaired) electrons. The SMILES string of the molecule is Cc1nc(NC(C)C)sc1S(=O)(=O)Cc1ccc(C(C)(O)C(F)(F)F)cc1. The van der Waals surface area contributed by atoms with Crippen molar-refractivity contribution in [3.63, 3.8) is 0 Å². The summed E-state index contributed by atoms with van der Waals surface area (Å²) in [5, 5.41) is 13.2. The first-order valence-corrected chi connectivity index (χ1v) is 10.6. The average Bonchev–Trinajstić information content (AvgIpc) is 2.87. The highest BCUT2D eigenvalue weighted by molar-refractivity contribution is 7.92. The fourth-order valence-electron chi connectivity index (χ4n) is 2.35. The Balaban J connectivity index is 2.25. The molecule has 5 nitrogen and oxygen atoms in total. The van der Waals surface area contributed by atoms with E-state index < -0.39 is 21.6 Å². The lowest BCUT2D eigenvalue weighted by Gasteiger charge is -2.26. The molecule has 150 valence electrons. The maximum Gasteiger partial charge on any atom is 0.421 e. The number of halogens is 3. The molecule has 2 rings (SSSR count). The van der Waals surface area contributed by atoms with E-state index in [1.54, 1.807) is 6.92 Å². The number of thiazole rings is 1. The zero-order chi connectivity index (χ0) is 20.6. The predicted octanol–water partition coefficient (Wildman–Crippen LogP) is 4.02. The van der Waals surface area contributed by atoms with Crippen LogP contribution in [0.2, 0.25) is 0 Å². The molecule has 1 aromatic carbocycles. The molecule has 0 aliphatic carbocycles. The van der Waals surface area contributed by atoms with Gasteiger partial charge in [0.2, 0.25) is 0 Å². The van der Waals surface area contributed by atoms with Crippen LogP contribution in [0.5, 0.6) is 0 Å². The van der Waals surface area contributed by atoms with Gasteiger partial charge in [0, 0.05) is 6.04 Å². The van der Waals surface area contributed by atoms with Gasteiger partial charge in [-0.25, -0.2) is 13.4 Å². The van der Waals surface area contributed by atoms with Crippen molar-refractivity contribution < 1.29 is 26.7 Å². The van der Waals surface area contributed by atoms with Crippen molar-refractivity contribution in [2.75, 3.05) is 5.32 Å². The Hall–Kier alpha value is -1.65. The minimum Gasteiger partial charge on any atom is -0.376 e. The first kappa shape index (κ1) is 21.6. The molecule has 1 unspecified atom stereocenters. The number of rotatable bonds is 6. The fourth-order valence-corrected chi connectivity index (χ4v) is 5.38. The molecule has 0 saturated heterocycles. The van der Waals surface area contributed by atoms with Crippen LogP contribution in [-0.2, 0) is 21.2 Å². The summed E-state index contributed by atoms with van der Waals surface area (Å²) in [6.45, 7) is 6.06. The Morgan fingerprint density at radius 3 is 2.26 bits per heavy atom. The molecule has 0 bridgehead atoms. The van der Waals surface area contributed by atoms with Gasteiger partial charge in [-0.2, -0.15) is 13.2 Å². The third kappa shape index (κ3) is 4.80. The van der Waals surface area contributed by atoms with Crippen LogP contribution < -0.4 is 5.32 Å². The molecule has 1 heterocycles. The molecule has 2 aromatic rings. The molecular weight excluding hydrogens is 401 g/mol. The normalized spacial score (nSPS) is 15.0. The van der Waals surface area contributed by atoms with Crippen LogP contribution in [0.4, 0.5) is 18.3 Å². The molecule has 1 atom stereocenters. The van der Waals surface area contributed by atoms with Gasteiger partial charge in [0.25, 0.3) is 0 Å². The summed E-state index contributed by atoms with van der Waals surface area (Å²) in [4.78, 5) is 4.20. The molecular formula is C17H21F3N2O3S2. The van der Waals surface area contributed by atoms with Gasteiger partial charge in [-0.1, -0.05) is 35.6 Å². The monoisotopic (exact) mass is 422 g/mol. The van der Waals surface area contributed by atoms with Crippen LogP contribution in [0.1, 0.15) is 37.6 Å². The van der Waals surface area contributed by atoms with Crippen molar-refractivity contribution in [1.82, 2.24) is 4.98 Å². The van der Waals surface area contributed by atoms with E-state index in [0.29, 0.717) is 23.3 Å². The van der Waals surface area contributed by atoms with Gasteiger partial charge in [0.1, 0.15) is 4.21 Å². The Kier molecular flexibility index (Phi) is 5.93. The molecule has 0 spiro atoms. The number of hydrogen-bond donors (Lipinski definition) is 2. The van der Waals surface area contributed by atoms with Crippen molar-refractivity contribution in [2.45, 2.75) is 55.5 Å². The number of nitrogens with zero attached hydrogens (tertiary/aromatic N) is 1. The molecule has 0 aliphatic heterocycles. The highest BCUT2D eigenvalue weighted by atomic mass is 32.2. The van der Waals surface area contributed by atoms with E-state index in [9.17, 15) is 26.7 Å². The van der Waals surface area contributed by atoms with Crippen LogP contribution in [0.15, 0.2) is 28.5 Å². The predicted molar refractivity (Wildman–Crippen MR) is 98.6 cm³/mol. The zero-order valence-electron chi connectivity index (χ0n) is 15.3. The van der Waals surface area contributed by atoms with E-state index in [4.69, 9.17) is 0 Å². The molecule has 0 fully saturated rings. The van der Waals surface area contributed by atoms with E-state index in [1.165, 1.54) is 12.1 Å². The molecule has 0 aliphatic rings.